The molecule has 5 nitrogen and oxygen atoms in total. The molecule has 1 aromatic heterocycles. The van der Waals surface area contributed by atoms with Crippen molar-refractivity contribution in [1.29, 1.82) is 0 Å². The number of hydrogen-bond donors (Lipinski definition) is 2. The number of sulfonamides is 1. The Morgan fingerprint density at radius 2 is 1.89 bits per heavy atom. The number of aromatic nitrogens is 1. The first-order chi connectivity index (χ1) is 9.03. The summed E-state index contributed by atoms with van der Waals surface area (Å²) in [7, 11) is -3.70. The van der Waals surface area contributed by atoms with Crippen molar-refractivity contribution < 1.29 is 8.42 Å². The fourth-order valence-corrected chi connectivity index (χ4v) is 3.16. The molecule has 0 saturated heterocycles. The molecule has 0 atom stereocenters. The lowest BCUT2D eigenvalue weighted by Gasteiger charge is -2.10. The van der Waals surface area contributed by atoms with Gasteiger partial charge < -0.3 is 4.98 Å². The molecular formula is C12H12N2O3S2. The lowest BCUT2D eigenvalue weighted by atomic mass is 10.3. The maximum Gasteiger partial charge on any atom is 0.263 e. The fourth-order valence-electron chi connectivity index (χ4n) is 1.50. The Bertz CT molecular complexity index is 718. The Kier molecular flexibility index (Phi) is 3.96. The van der Waals surface area contributed by atoms with E-state index in [-0.39, 0.29) is 10.5 Å². The van der Waals surface area contributed by atoms with Crippen LogP contribution in [0.5, 0.6) is 0 Å². The molecule has 0 amide bonds. The van der Waals surface area contributed by atoms with Crippen LogP contribution >= 0.6 is 11.8 Å². The van der Waals surface area contributed by atoms with Crippen molar-refractivity contribution in [2.75, 3.05) is 11.0 Å². The number of pyridine rings is 1. The number of rotatable bonds is 4. The summed E-state index contributed by atoms with van der Waals surface area (Å²) in [5.41, 5.74) is 0.171. The van der Waals surface area contributed by atoms with Crippen LogP contribution in [0.4, 0.5) is 5.69 Å². The molecule has 2 rings (SSSR count). The van der Waals surface area contributed by atoms with E-state index in [1.165, 1.54) is 30.1 Å². The number of para-hydroxylation sites is 1. The highest BCUT2D eigenvalue weighted by Crippen LogP contribution is 2.26. The van der Waals surface area contributed by atoms with Crippen molar-refractivity contribution >= 4 is 27.5 Å². The lowest BCUT2D eigenvalue weighted by molar-refractivity contribution is 0.600. The van der Waals surface area contributed by atoms with Crippen LogP contribution in [0.1, 0.15) is 0 Å². The summed E-state index contributed by atoms with van der Waals surface area (Å²) in [5.74, 6) is 0. The highest BCUT2D eigenvalue weighted by atomic mass is 32.2. The van der Waals surface area contributed by atoms with Crippen molar-refractivity contribution in [2.24, 2.45) is 0 Å². The molecule has 0 fully saturated rings. The monoisotopic (exact) mass is 296 g/mol. The number of H-pyrrole nitrogens is 1. The third kappa shape index (κ3) is 3.18. The molecular weight excluding hydrogens is 284 g/mol. The van der Waals surface area contributed by atoms with Crippen LogP contribution in [0.25, 0.3) is 0 Å². The lowest BCUT2D eigenvalue weighted by Crippen LogP contribution is -2.15. The first kappa shape index (κ1) is 13.7. The standard InChI is InChI=1S/C12H12N2O3S2/c1-18-11-5-3-2-4-10(11)14-19(16,17)9-6-7-12(15)13-8-9/h2-8,14H,1H3,(H,13,15). The van der Waals surface area contributed by atoms with Crippen LogP contribution in [0.15, 0.2) is 57.2 Å². The van der Waals surface area contributed by atoms with Crippen LogP contribution in [0, 0.1) is 0 Å². The average molecular weight is 296 g/mol. The molecule has 0 aliphatic carbocycles. The molecule has 1 heterocycles. The van der Waals surface area contributed by atoms with E-state index in [0.717, 1.165) is 4.90 Å². The Balaban J connectivity index is 2.36. The molecule has 1 aromatic carbocycles. The Morgan fingerprint density at radius 3 is 2.53 bits per heavy atom. The number of benzene rings is 1. The normalized spacial score (nSPS) is 11.2. The van der Waals surface area contributed by atoms with Crippen molar-refractivity contribution in [2.45, 2.75) is 9.79 Å². The zero-order valence-corrected chi connectivity index (χ0v) is 11.7. The number of hydrogen-bond acceptors (Lipinski definition) is 4. The van der Waals surface area contributed by atoms with Crippen LogP contribution in [0.3, 0.4) is 0 Å². The Labute approximate surface area is 115 Å². The Hall–Kier alpha value is -1.73. The van der Waals surface area contributed by atoms with Gasteiger partial charge in [0.05, 0.1) is 5.69 Å². The van der Waals surface area contributed by atoms with E-state index in [1.807, 2.05) is 18.4 Å². The summed E-state index contributed by atoms with van der Waals surface area (Å²) in [5, 5.41) is 0. The van der Waals surface area contributed by atoms with Crippen LogP contribution in [-0.4, -0.2) is 19.7 Å². The van der Waals surface area contributed by atoms with Gasteiger partial charge in [0, 0.05) is 17.2 Å². The molecule has 0 aliphatic rings. The quantitative estimate of drug-likeness (QED) is 0.845. The van der Waals surface area contributed by atoms with E-state index in [9.17, 15) is 13.2 Å². The van der Waals surface area contributed by atoms with Crippen molar-refractivity contribution in [3.8, 4) is 0 Å². The van der Waals surface area contributed by atoms with E-state index in [2.05, 4.69) is 9.71 Å². The van der Waals surface area contributed by atoms with Gasteiger partial charge >= 0.3 is 0 Å². The van der Waals surface area contributed by atoms with Crippen LogP contribution < -0.4 is 10.3 Å². The number of anilines is 1. The van der Waals surface area contributed by atoms with Gasteiger partial charge in [-0.15, -0.1) is 11.8 Å². The molecule has 0 radical (unpaired) electrons. The van der Waals surface area contributed by atoms with E-state index in [0.29, 0.717) is 5.69 Å². The first-order valence-electron chi connectivity index (χ1n) is 5.37. The summed E-state index contributed by atoms with van der Waals surface area (Å²) >= 11 is 1.45. The highest BCUT2D eigenvalue weighted by Gasteiger charge is 2.15. The van der Waals surface area contributed by atoms with Crippen LogP contribution in [0.2, 0.25) is 0 Å². The summed E-state index contributed by atoms with van der Waals surface area (Å²) in [6.07, 6.45) is 3.04. The molecule has 0 aliphatic heterocycles. The minimum Gasteiger partial charge on any atom is -0.328 e. The molecule has 19 heavy (non-hydrogen) atoms. The Morgan fingerprint density at radius 1 is 1.16 bits per heavy atom. The summed E-state index contributed by atoms with van der Waals surface area (Å²) < 4.78 is 26.8. The summed E-state index contributed by atoms with van der Waals surface area (Å²) in [6, 6.07) is 9.55. The molecule has 2 N–H and O–H groups in total. The minimum absolute atomic E-state index is 0.0167. The van der Waals surface area contributed by atoms with Gasteiger partial charge in [-0.25, -0.2) is 8.42 Å². The van der Waals surface area contributed by atoms with Crippen molar-refractivity contribution in [1.82, 2.24) is 4.98 Å². The maximum absolute atomic E-state index is 12.1. The number of nitrogens with one attached hydrogen (secondary N) is 2. The molecule has 0 saturated carbocycles. The van der Waals surface area contributed by atoms with Gasteiger partial charge in [0.1, 0.15) is 4.90 Å². The summed E-state index contributed by atoms with van der Waals surface area (Å²) in [6.45, 7) is 0. The smallest absolute Gasteiger partial charge is 0.263 e. The zero-order valence-electron chi connectivity index (χ0n) is 10.1. The maximum atomic E-state index is 12.1. The topological polar surface area (TPSA) is 79.0 Å². The number of aromatic amines is 1. The van der Waals surface area contributed by atoms with E-state index in [4.69, 9.17) is 0 Å². The van der Waals surface area contributed by atoms with Crippen molar-refractivity contribution in [3.05, 3.63) is 52.9 Å². The molecule has 100 valence electrons. The average Bonchev–Trinajstić information content (AvgIpc) is 2.39. The SMILES string of the molecule is CSc1ccccc1NS(=O)(=O)c1ccc(=O)[nH]c1. The van der Waals surface area contributed by atoms with Gasteiger partial charge in [0.15, 0.2) is 0 Å². The van der Waals surface area contributed by atoms with Gasteiger partial charge in [-0.1, -0.05) is 12.1 Å². The van der Waals surface area contributed by atoms with Gasteiger partial charge in [-0.05, 0) is 24.5 Å². The van der Waals surface area contributed by atoms with E-state index >= 15 is 0 Å². The molecule has 7 heteroatoms. The largest absolute Gasteiger partial charge is 0.328 e. The zero-order chi connectivity index (χ0) is 13.9. The molecule has 0 bridgehead atoms. The first-order valence-corrected chi connectivity index (χ1v) is 8.08. The molecule has 2 aromatic rings. The second-order valence-corrected chi connectivity index (χ2v) is 6.22. The van der Waals surface area contributed by atoms with Gasteiger partial charge in [0.25, 0.3) is 10.0 Å². The second-order valence-electron chi connectivity index (χ2n) is 3.69. The minimum atomic E-state index is -3.70. The van der Waals surface area contributed by atoms with Gasteiger partial charge in [-0.2, -0.15) is 0 Å². The van der Waals surface area contributed by atoms with E-state index in [1.54, 1.807) is 12.1 Å². The molecule has 0 unspecified atom stereocenters. The predicted molar refractivity (Wildman–Crippen MR) is 76.1 cm³/mol. The third-order valence-corrected chi connectivity index (χ3v) is 4.58. The van der Waals surface area contributed by atoms with Gasteiger partial charge in [-0.3, -0.25) is 9.52 Å². The second kappa shape index (κ2) is 5.50. The predicted octanol–water partition coefficient (Wildman–Crippen LogP) is 1.90. The van der Waals surface area contributed by atoms with Gasteiger partial charge in [0.2, 0.25) is 5.56 Å². The number of thioether (sulfide) groups is 1. The van der Waals surface area contributed by atoms with Crippen LogP contribution in [-0.2, 0) is 10.0 Å². The highest BCUT2D eigenvalue weighted by molar-refractivity contribution is 7.99. The van der Waals surface area contributed by atoms with Crippen molar-refractivity contribution in [3.63, 3.8) is 0 Å². The third-order valence-electron chi connectivity index (χ3n) is 2.42. The fraction of sp³-hybridized carbons (Fsp3) is 0.0833. The summed E-state index contributed by atoms with van der Waals surface area (Å²) in [4.78, 5) is 14.1. The molecule has 0 spiro atoms. The van der Waals surface area contributed by atoms with E-state index < -0.39 is 10.0 Å².